The molecule has 0 spiro atoms. The van der Waals surface area contributed by atoms with Crippen molar-refractivity contribution in [1.29, 1.82) is 0 Å². The summed E-state index contributed by atoms with van der Waals surface area (Å²) in [6.45, 7) is 4.55. The molecule has 2 unspecified atom stereocenters. The summed E-state index contributed by atoms with van der Waals surface area (Å²) in [5.74, 6) is -0.265. The maximum atomic E-state index is 14.9. The molecule has 0 radical (unpaired) electrons. The lowest BCUT2D eigenvalue weighted by molar-refractivity contribution is -0.0828. The number of hydrogen-bond acceptors (Lipinski definition) is 6. The third kappa shape index (κ3) is 3.28. The molecule has 0 bridgehead atoms. The summed E-state index contributed by atoms with van der Waals surface area (Å²) in [6, 6.07) is 0.298. The van der Waals surface area contributed by atoms with Crippen molar-refractivity contribution in [2.75, 3.05) is 36.5 Å². The van der Waals surface area contributed by atoms with E-state index < -0.39 is 12.2 Å². The van der Waals surface area contributed by atoms with Crippen molar-refractivity contribution in [3.63, 3.8) is 0 Å². The SMILES string of the molecule is COC(O)CC1[C@H]2CN(c3nc(N4CC[C@@H]4C)nc4c3CCCCC4(F)F)C[C@@H]12. The maximum absolute atomic E-state index is 14.9. The molecule has 1 aromatic heterocycles. The minimum absolute atomic E-state index is 0.0407. The number of alkyl halides is 2. The lowest BCUT2D eigenvalue weighted by Gasteiger charge is -2.39. The Morgan fingerprint density at radius 1 is 1.24 bits per heavy atom. The van der Waals surface area contributed by atoms with Gasteiger partial charge in [0.2, 0.25) is 5.95 Å². The Balaban J connectivity index is 1.45. The lowest BCUT2D eigenvalue weighted by atomic mass is 10.0. The van der Waals surface area contributed by atoms with E-state index in [9.17, 15) is 13.9 Å². The first-order chi connectivity index (χ1) is 13.9. The van der Waals surface area contributed by atoms with Crippen LogP contribution in [0.1, 0.15) is 50.3 Å². The molecule has 6 nitrogen and oxygen atoms in total. The number of ether oxygens (including phenoxy) is 1. The van der Waals surface area contributed by atoms with Crippen LogP contribution in [0.3, 0.4) is 0 Å². The zero-order chi connectivity index (χ0) is 20.3. The van der Waals surface area contributed by atoms with E-state index in [0.717, 1.165) is 38.3 Å². The van der Waals surface area contributed by atoms with Gasteiger partial charge in [0.15, 0.2) is 6.29 Å². The number of piperidine rings is 1. The van der Waals surface area contributed by atoms with Gasteiger partial charge in [-0.2, -0.15) is 13.8 Å². The van der Waals surface area contributed by atoms with E-state index in [2.05, 4.69) is 16.8 Å². The highest BCUT2D eigenvalue weighted by molar-refractivity contribution is 5.57. The van der Waals surface area contributed by atoms with Gasteiger partial charge < -0.3 is 19.6 Å². The molecular formula is C21H30F2N4O2. The number of hydrogen-bond donors (Lipinski definition) is 1. The molecule has 3 heterocycles. The molecule has 2 aliphatic carbocycles. The zero-order valence-electron chi connectivity index (χ0n) is 17.2. The van der Waals surface area contributed by atoms with Crippen molar-refractivity contribution in [2.24, 2.45) is 17.8 Å². The topological polar surface area (TPSA) is 61.7 Å². The average molecular weight is 408 g/mol. The van der Waals surface area contributed by atoms with E-state index in [0.29, 0.717) is 54.6 Å². The number of rotatable bonds is 5. The second-order valence-corrected chi connectivity index (χ2v) is 9.24. The molecule has 29 heavy (non-hydrogen) atoms. The van der Waals surface area contributed by atoms with Gasteiger partial charge in [0.25, 0.3) is 5.92 Å². The molecule has 0 amide bonds. The van der Waals surface area contributed by atoms with Crippen LogP contribution in [0.4, 0.5) is 20.5 Å². The summed E-state index contributed by atoms with van der Waals surface area (Å²) >= 11 is 0. The van der Waals surface area contributed by atoms with Crippen molar-refractivity contribution in [1.82, 2.24) is 9.97 Å². The maximum Gasteiger partial charge on any atom is 0.290 e. The van der Waals surface area contributed by atoms with Crippen molar-refractivity contribution in [2.45, 2.75) is 63.7 Å². The van der Waals surface area contributed by atoms with Crippen LogP contribution in [0.25, 0.3) is 0 Å². The second kappa shape index (κ2) is 7.01. The lowest BCUT2D eigenvalue weighted by Crippen LogP contribution is -2.47. The molecule has 8 heteroatoms. The molecule has 1 saturated carbocycles. The van der Waals surface area contributed by atoms with Gasteiger partial charge in [-0.25, -0.2) is 4.98 Å². The van der Waals surface area contributed by atoms with Crippen molar-refractivity contribution in [3.8, 4) is 0 Å². The monoisotopic (exact) mass is 408 g/mol. The van der Waals surface area contributed by atoms with Crippen LogP contribution < -0.4 is 9.80 Å². The summed E-state index contributed by atoms with van der Waals surface area (Å²) in [5.41, 5.74) is 0.611. The fraction of sp³-hybridized carbons (Fsp3) is 0.810. The average Bonchev–Trinajstić information content (AvgIpc) is 3.16. The van der Waals surface area contributed by atoms with Gasteiger partial charge in [-0.15, -0.1) is 0 Å². The normalized spacial score (nSPS) is 33.6. The first-order valence-electron chi connectivity index (χ1n) is 10.9. The van der Waals surface area contributed by atoms with Crippen molar-refractivity contribution < 1.29 is 18.6 Å². The van der Waals surface area contributed by atoms with Gasteiger partial charge >= 0.3 is 0 Å². The Kier molecular flexibility index (Phi) is 4.70. The van der Waals surface area contributed by atoms with Gasteiger partial charge in [-0.3, -0.25) is 0 Å². The Morgan fingerprint density at radius 3 is 2.62 bits per heavy atom. The molecule has 3 fully saturated rings. The largest absolute Gasteiger partial charge is 0.368 e. The van der Waals surface area contributed by atoms with E-state index in [1.54, 1.807) is 0 Å². The number of fused-ring (bicyclic) bond motifs is 2. The van der Waals surface area contributed by atoms with E-state index >= 15 is 0 Å². The smallest absolute Gasteiger partial charge is 0.290 e. The Morgan fingerprint density at radius 2 is 2.00 bits per heavy atom. The van der Waals surface area contributed by atoms with Gasteiger partial charge in [-0.1, -0.05) is 0 Å². The zero-order valence-corrected chi connectivity index (χ0v) is 17.2. The quantitative estimate of drug-likeness (QED) is 0.597. The third-order valence-electron chi connectivity index (χ3n) is 7.48. The molecule has 0 aromatic carbocycles. The predicted octanol–water partition coefficient (Wildman–Crippen LogP) is 2.93. The summed E-state index contributed by atoms with van der Waals surface area (Å²) in [7, 11) is 1.52. The molecule has 160 valence electrons. The number of methoxy groups -OCH3 is 1. The van der Waals surface area contributed by atoms with Crippen LogP contribution in [-0.2, 0) is 17.1 Å². The van der Waals surface area contributed by atoms with Crippen molar-refractivity contribution in [3.05, 3.63) is 11.3 Å². The van der Waals surface area contributed by atoms with E-state index in [1.807, 2.05) is 4.90 Å². The summed E-state index contributed by atoms with van der Waals surface area (Å²) < 4.78 is 34.9. The van der Waals surface area contributed by atoms with Crippen LogP contribution in [0.2, 0.25) is 0 Å². The standard InChI is InChI=1S/C21H30F2N4O2/c1-12-6-8-27(12)20-24-18-13(5-3-4-7-21(18,22)23)19(25-20)26-10-15-14(16(15)11-26)9-17(28)29-2/h12,14-17,28H,3-11H2,1-2H3/t12-,14?,15-,16+,17?/m0/s1. The first-order valence-corrected chi connectivity index (χ1v) is 10.9. The Bertz CT molecular complexity index is 780. The highest BCUT2D eigenvalue weighted by Gasteiger charge is 2.56. The predicted molar refractivity (Wildman–Crippen MR) is 105 cm³/mol. The van der Waals surface area contributed by atoms with Gasteiger partial charge in [0.1, 0.15) is 11.5 Å². The molecule has 5 atom stereocenters. The first kappa shape index (κ1) is 19.4. The van der Waals surface area contributed by atoms with Crippen LogP contribution in [-0.4, -0.2) is 54.2 Å². The third-order valence-corrected chi connectivity index (χ3v) is 7.48. The number of nitrogens with zero attached hydrogens (tertiary/aromatic N) is 4. The summed E-state index contributed by atoms with van der Waals surface area (Å²) in [4.78, 5) is 13.5. The highest BCUT2D eigenvalue weighted by Crippen LogP contribution is 2.55. The molecule has 2 aliphatic heterocycles. The summed E-state index contributed by atoms with van der Waals surface area (Å²) in [6.07, 6.45) is 2.73. The Labute approximate surface area is 170 Å². The molecule has 2 saturated heterocycles. The molecular weight excluding hydrogens is 378 g/mol. The highest BCUT2D eigenvalue weighted by atomic mass is 19.3. The molecule has 4 aliphatic rings. The fourth-order valence-electron chi connectivity index (χ4n) is 5.47. The molecule has 1 N–H and O–H groups in total. The van der Waals surface area contributed by atoms with E-state index in [-0.39, 0.29) is 12.1 Å². The van der Waals surface area contributed by atoms with Crippen LogP contribution in [0.5, 0.6) is 0 Å². The van der Waals surface area contributed by atoms with Gasteiger partial charge in [0, 0.05) is 51.2 Å². The number of aliphatic hydroxyl groups excluding tert-OH is 1. The van der Waals surface area contributed by atoms with Gasteiger partial charge in [0.05, 0.1) is 0 Å². The second-order valence-electron chi connectivity index (χ2n) is 9.24. The van der Waals surface area contributed by atoms with Crippen LogP contribution in [0.15, 0.2) is 0 Å². The van der Waals surface area contributed by atoms with Gasteiger partial charge in [-0.05, 0) is 50.4 Å². The van der Waals surface area contributed by atoms with Crippen molar-refractivity contribution >= 4 is 11.8 Å². The van der Waals surface area contributed by atoms with Crippen LogP contribution >= 0.6 is 0 Å². The molecule has 5 rings (SSSR count). The fourth-order valence-corrected chi connectivity index (χ4v) is 5.47. The number of aromatic nitrogens is 2. The molecule has 1 aromatic rings. The number of anilines is 2. The minimum atomic E-state index is -2.89. The number of aliphatic hydroxyl groups is 1. The Hall–Kier alpha value is -1.54. The minimum Gasteiger partial charge on any atom is -0.368 e. The van der Waals surface area contributed by atoms with Crippen LogP contribution in [0, 0.1) is 17.8 Å². The summed E-state index contributed by atoms with van der Waals surface area (Å²) in [5, 5.41) is 9.76. The number of halogens is 2. The van der Waals surface area contributed by atoms with E-state index in [4.69, 9.17) is 9.72 Å². The van der Waals surface area contributed by atoms with E-state index in [1.165, 1.54) is 7.11 Å².